The van der Waals surface area contributed by atoms with Crippen LogP contribution in [0, 0.1) is 0 Å². The first-order valence-electron chi connectivity index (χ1n) is 7.30. The molecule has 1 saturated heterocycles. The average Bonchev–Trinajstić information content (AvgIpc) is 2.98. The highest BCUT2D eigenvalue weighted by atomic mass is 16.2. The second-order valence-electron chi connectivity index (χ2n) is 5.56. The quantitative estimate of drug-likeness (QED) is 0.851. The SMILES string of the molecule is C=CC(=O)N1CC(Nc2ccnc3[nH]ccc23)CCC1C. The van der Waals surface area contributed by atoms with Crippen molar-refractivity contribution < 1.29 is 4.79 Å². The zero-order valence-corrected chi connectivity index (χ0v) is 12.2. The molecule has 2 aromatic rings. The minimum absolute atomic E-state index is 0.00974. The number of nitrogens with zero attached hydrogens (tertiary/aromatic N) is 2. The van der Waals surface area contributed by atoms with Crippen molar-refractivity contribution in [1.82, 2.24) is 14.9 Å². The van der Waals surface area contributed by atoms with E-state index in [1.807, 2.05) is 23.2 Å². The van der Waals surface area contributed by atoms with Crippen molar-refractivity contribution >= 4 is 22.6 Å². The van der Waals surface area contributed by atoms with Gasteiger partial charge in [0.15, 0.2) is 0 Å². The summed E-state index contributed by atoms with van der Waals surface area (Å²) < 4.78 is 0. The number of anilines is 1. The molecule has 0 radical (unpaired) electrons. The van der Waals surface area contributed by atoms with Gasteiger partial charge in [-0.1, -0.05) is 6.58 Å². The maximum Gasteiger partial charge on any atom is 0.246 e. The molecule has 2 aromatic heterocycles. The summed E-state index contributed by atoms with van der Waals surface area (Å²) in [6.07, 6.45) is 7.13. The number of carbonyl (C=O) groups is 1. The molecular formula is C16H20N4O. The highest BCUT2D eigenvalue weighted by molar-refractivity contribution is 5.89. The van der Waals surface area contributed by atoms with E-state index in [2.05, 4.69) is 28.8 Å². The molecule has 2 N–H and O–H groups in total. The highest BCUT2D eigenvalue weighted by Gasteiger charge is 2.27. The lowest BCUT2D eigenvalue weighted by atomic mass is 9.99. The topological polar surface area (TPSA) is 61.0 Å². The van der Waals surface area contributed by atoms with E-state index in [0.717, 1.165) is 29.6 Å². The summed E-state index contributed by atoms with van der Waals surface area (Å²) in [5, 5.41) is 4.63. The Kier molecular flexibility index (Phi) is 3.64. The van der Waals surface area contributed by atoms with Crippen LogP contribution in [0.4, 0.5) is 5.69 Å². The average molecular weight is 284 g/mol. The Balaban J connectivity index is 1.77. The number of hydrogen-bond donors (Lipinski definition) is 2. The lowest BCUT2D eigenvalue weighted by molar-refractivity contribution is -0.129. The number of amides is 1. The predicted octanol–water partition coefficient (Wildman–Crippen LogP) is 2.54. The Labute approximate surface area is 124 Å². The van der Waals surface area contributed by atoms with E-state index in [-0.39, 0.29) is 18.0 Å². The van der Waals surface area contributed by atoms with Crippen LogP contribution in [0.15, 0.2) is 37.2 Å². The van der Waals surface area contributed by atoms with Crippen molar-refractivity contribution in [2.75, 3.05) is 11.9 Å². The number of rotatable bonds is 3. The van der Waals surface area contributed by atoms with Crippen LogP contribution < -0.4 is 5.32 Å². The van der Waals surface area contributed by atoms with Crippen molar-refractivity contribution in [3.05, 3.63) is 37.2 Å². The zero-order chi connectivity index (χ0) is 14.8. The van der Waals surface area contributed by atoms with Gasteiger partial charge >= 0.3 is 0 Å². The van der Waals surface area contributed by atoms with Crippen molar-refractivity contribution in [2.45, 2.75) is 31.8 Å². The van der Waals surface area contributed by atoms with Gasteiger partial charge in [0, 0.05) is 42.1 Å². The van der Waals surface area contributed by atoms with Crippen LogP contribution in [-0.4, -0.2) is 39.4 Å². The van der Waals surface area contributed by atoms with Crippen LogP contribution in [0.1, 0.15) is 19.8 Å². The molecule has 0 aromatic carbocycles. The van der Waals surface area contributed by atoms with Gasteiger partial charge in [-0.05, 0) is 38.0 Å². The van der Waals surface area contributed by atoms with Crippen LogP contribution in [0.25, 0.3) is 11.0 Å². The number of fused-ring (bicyclic) bond motifs is 1. The first-order valence-corrected chi connectivity index (χ1v) is 7.30. The monoisotopic (exact) mass is 284 g/mol. The minimum atomic E-state index is 0.00974. The summed E-state index contributed by atoms with van der Waals surface area (Å²) in [6.45, 7) is 6.39. The summed E-state index contributed by atoms with van der Waals surface area (Å²) in [5.74, 6) is 0.00974. The number of hydrogen-bond acceptors (Lipinski definition) is 3. The predicted molar refractivity (Wildman–Crippen MR) is 84.1 cm³/mol. The number of aromatic nitrogens is 2. The van der Waals surface area contributed by atoms with Gasteiger partial charge in [0.05, 0.1) is 0 Å². The van der Waals surface area contributed by atoms with Gasteiger partial charge in [-0.3, -0.25) is 4.79 Å². The van der Waals surface area contributed by atoms with Gasteiger partial charge < -0.3 is 15.2 Å². The van der Waals surface area contributed by atoms with E-state index in [9.17, 15) is 4.79 Å². The van der Waals surface area contributed by atoms with Crippen LogP contribution in [-0.2, 0) is 4.79 Å². The normalized spacial score (nSPS) is 22.2. The lowest BCUT2D eigenvalue weighted by Crippen LogP contribution is -2.49. The Bertz CT molecular complexity index is 663. The van der Waals surface area contributed by atoms with E-state index in [4.69, 9.17) is 0 Å². The van der Waals surface area contributed by atoms with Gasteiger partial charge in [-0.2, -0.15) is 0 Å². The van der Waals surface area contributed by atoms with Gasteiger partial charge in [0.1, 0.15) is 5.65 Å². The summed E-state index contributed by atoms with van der Waals surface area (Å²) in [7, 11) is 0. The Hall–Kier alpha value is -2.30. The van der Waals surface area contributed by atoms with Crippen LogP contribution >= 0.6 is 0 Å². The Morgan fingerprint density at radius 3 is 3.19 bits per heavy atom. The number of H-pyrrole nitrogens is 1. The third-order valence-corrected chi connectivity index (χ3v) is 4.16. The van der Waals surface area contributed by atoms with Crippen molar-refractivity contribution in [3.8, 4) is 0 Å². The number of likely N-dealkylation sites (tertiary alicyclic amines) is 1. The largest absolute Gasteiger partial charge is 0.380 e. The fourth-order valence-corrected chi connectivity index (χ4v) is 2.96. The summed E-state index contributed by atoms with van der Waals surface area (Å²) in [5.41, 5.74) is 1.94. The molecule has 21 heavy (non-hydrogen) atoms. The van der Waals surface area contributed by atoms with E-state index in [0.29, 0.717) is 6.54 Å². The Morgan fingerprint density at radius 1 is 1.52 bits per heavy atom. The number of pyridine rings is 1. The third kappa shape index (κ3) is 2.63. The van der Waals surface area contributed by atoms with Crippen LogP contribution in [0.2, 0.25) is 0 Å². The summed E-state index contributed by atoms with van der Waals surface area (Å²) >= 11 is 0. The fourth-order valence-electron chi connectivity index (χ4n) is 2.96. The van der Waals surface area contributed by atoms with Crippen LogP contribution in [0.3, 0.4) is 0 Å². The number of carbonyl (C=O) groups excluding carboxylic acids is 1. The molecule has 1 fully saturated rings. The first kappa shape index (κ1) is 13.7. The molecule has 2 unspecified atom stereocenters. The van der Waals surface area contributed by atoms with Crippen LogP contribution in [0.5, 0.6) is 0 Å². The van der Waals surface area contributed by atoms with Gasteiger partial charge in [0.2, 0.25) is 5.91 Å². The summed E-state index contributed by atoms with van der Waals surface area (Å²) in [6, 6.07) is 4.53. The third-order valence-electron chi connectivity index (χ3n) is 4.16. The number of piperidine rings is 1. The van der Waals surface area contributed by atoms with Crippen molar-refractivity contribution in [3.63, 3.8) is 0 Å². The van der Waals surface area contributed by atoms with E-state index < -0.39 is 0 Å². The van der Waals surface area contributed by atoms with E-state index in [1.165, 1.54) is 6.08 Å². The van der Waals surface area contributed by atoms with Gasteiger partial charge in [0.25, 0.3) is 0 Å². The molecule has 0 spiro atoms. The maximum absolute atomic E-state index is 11.9. The molecule has 0 aliphatic carbocycles. The molecule has 5 nitrogen and oxygen atoms in total. The standard InChI is InChI=1S/C16H20N4O/c1-3-15(21)20-10-12(5-4-11(20)2)19-14-7-9-18-16-13(14)6-8-17-16/h3,6-9,11-12H,1,4-5,10H2,2H3,(H2,17,18,19). The molecular weight excluding hydrogens is 264 g/mol. The number of aromatic amines is 1. The van der Waals surface area contributed by atoms with Gasteiger partial charge in [-0.15, -0.1) is 0 Å². The van der Waals surface area contributed by atoms with Crippen molar-refractivity contribution in [2.24, 2.45) is 0 Å². The molecule has 1 amide bonds. The van der Waals surface area contributed by atoms with Gasteiger partial charge in [-0.25, -0.2) is 4.98 Å². The Morgan fingerprint density at radius 2 is 2.38 bits per heavy atom. The maximum atomic E-state index is 11.9. The van der Waals surface area contributed by atoms with E-state index in [1.54, 1.807) is 6.20 Å². The molecule has 0 bridgehead atoms. The second kappa shape index (κ2) is 5.60. The first-order chi connectivity index (χ1) is 10.2. The molecule has 5 heteroatoms. The minimum Gasteiger partial charge on any atom is -0.380 e. The molecule has 0 saturated carbocycles. The highest BCUT2D eigenvalue weighted by Crippen LogP contribution is 2.25. The molecule has 2 atom stereocenters. The smallest absolute Gasteiger partial charge is 0.246 e. The molecule has 1 aliphatic heterocycles. The molecule has 1 aliphatic rings. The molecule has 3 rings (SSSR count). The molecule has 3 heterocycles. The summed E-state index contributed by atoms with van der Waals surface area (Å²) in [4.78, 5) is 21.2. The van der Waals surface area contributed by atoms with Crippen molar-refractivity contribution in [1.29, 1.82) is 0 Å². The lowest BCUT2D eigenvalue weighted by Gasteiger charge is -2.38. The van der Waals surface area contributed by atoms with E-state index >= 15 is 0 Å². The zero-order valence-electron chi connectivity index (χ0n) is 12.2. The molecule has 110 valence electrons. The number of nitrogens with one attached hydrogen (secondary N) is 2. The second-order valence-corrected chi connectivity index (χ2v) is 5.56. The fraction of sp³-hybridized carbons (Fsp3) is 0.375.